The number of carbonyl (C=O) groups is 1. The van der Waals surface area contributed by atoms with Gasteiger partial charge < -0.3 is 9.84 Å². The number of ether oxygens (including phenoxy) is 1. The van der Waals surface area contributed by atoms with Crippen molar-refractivity contribution in [1.29, 1.82) is 0 Å². The second-order valence-electron chi connectivity index (χ2n) is 4.06. The molecule has 0 saturated carbocycles. The van der Waals surface area contributed by atoms with Gasteiger partial charge in [0.1, 0.15) is 5.75 Å². The van der Waals surface area contributed by atoms with E-state index in [2.05, 4.69) is 15.9 Å². The van der Waals surface area contributed by atoms with Crippen molar-refractivity contribution in [1.82, 2.24) is 0 Å². The summed E-state index contributed by atoms with van der Waals surface area (Å²) in [5.41, 5.74) is 0.616. The first-order valence-corrected chi connectivity index (χ1v) is 6.72. The average molecular weight is 360 g/mol. The van der Waals surface area contributed by atoms with Crippen LogP contribution in [0.4, 0.5) is 4.39 Å². The summed E-state index contributed by atoms with van der Waals surface area (Å²) < 4.78 is 19.4. The highest BCUT2D eigenvalue weighted by Gasteiger charge is 2.17. The van der Waals surface area contributed by atoms with Gasteiger partial charge in [0.05, 0.1) is 10.0 Å². The topological polar surface area (TPSA) is 46.5 Å². The van der Waals surface area contributed by atoms with Gasteiger partial charge in [0, 0.05) is 5.02 Å². The second-order valence-corrected chi connectivity index (χ2v) is 5.29. The van der Waals surface area contributed by atoms with Crippen LogP contribution in [0.1, 0.15) is 15.9 Å². The van der Waals surface area contributed by atoms with Crippen LogP contribution in [0.15, 0.2) is 34.8 Å². The second kappa shape index (κ2) is 5.81. The Balaban J connectivity index is 2.42. The van der Waals surface area contributed by atoms with E-state index in [1.54, 1.807) is 25.1 Å². The van der Waals surface area contributed by atoms with Crippen LogP contribution in [0.2, 0.25) is 5.02 Å². The van der Waals surface area contributed by atoms with Crippen LogP contribution in [-0.2, 0) is 0 Å². The maximum atomic E-state index is 14.1. The van der Waals surface area contributed by atoms with Crippen LogP contribution >= 0.6 is 27.5 Å². The highest BCUT2D eigenvalue weighted by atomic mass is 79.9. The van der Waals surface area contributed by atoms with E-state index in [0.717, 1.165) is 5.56 Å². The molecule has 6 heteroatoms. The first-order valence-electron chi connectivity index (χ1n) is 5.55. The fraction of sp³-hybridized carbons (Fsp3) is 0.0714. The van der Waals surface area contributed by atoms with Gasteiger partial charge in [-0.05, 0) is 52.7 Å². The number of benzene rings is 2. The highest BCUT2D eigenvalue weighted by Crippen LogP contribution is 2.33. The minimum atomic E-state index is -1.22. The van der Waals surface area contributed by atoms with Gasteiger partial charge in [0.2, 0.25) is 0 Å². The summed E-state index contributed by atoms with van der Waals surface area (Å²) in [6.07, 6.45) is 0. The molecule has 3 nitrogen and oxygen atoms in total. The maximum absolute atomic E-state index is 14.1. The smallest absolute Gasteiger partial charge is 0.336 e. The molecule has 0 fully saturated rings. The van der Waals surface area contributed by atoms with Gasteiger partial charge in [-0.2, -0.15) is 0 Å². The van der Waals surface area contributed by atoms with Crippen molar-refractivity contribution in [3.8, 4) is 11.5 Å². The molecule has 0 saturated heterocycles. The fourth-order valence-electron chi connectivity index (χ4n) is 1.58. The Kier molecular flexibility index (Phi) is 4.30. The monoisotopic (exact) mass is 358 g/mol. The molecule has 0 heterocycles. The van der Waals surface area contributed by atoms with Gasteiger partial charge >= 0.3 is 5.97 Å². The molecule has 0 aliphatic carbocycles. The number of carboxylic acids is 1. The summed E-state index contributed by atoms with van der Waals surface area (Å²) >= 11 is 8.78. The van der Waals surface area contributed by atoms with E-state index in [1.807, 2.05) is 0 Å². The van der Waals surface area contributed by atoms with Crippen molar-refractivity contribution in [3.63, 3.8) is 0 Å². The van der Waals surface area contributed by atoms with E-state index in [0.29, 0.717) is 10.8 Å². The highest BCUT2D eigenvalue weighted by molar-refractivity contribution is 9.10. The average Bonchev–Trinajstić information content (AvgIpc) is 2.39. The van der Waals surface area contributed by atoms with E-state index in [-0.39, 0.29) is 15.8 Å². The molecule has 20 heavy (non-hydrogen) atoms. The summed E-state index contributed by atoms with van der Waals surface area (Å²) in [6.45, 7) is 1.80. The lowest BCUT2D eigenvalue weighted by atomic mass is 10.2. The van der Waals surface area contributed by atoms with Crippen LogP contribution in [0.25, 0.3) is 0 Å². The molecule has 0 aliphatic rings. The molecule has 1 N–H and O–H groups in total. The molecule has 0 aromatic heterocycles. The number of halogens is 3. The van der Waals surface area contributed by atoms with Crippen LogP contribution in [0.5, 0.6) is 11.5 Å². The van der Waals surface area contributed by atoms with Crippen molar-refractivity contribution in [2.75, 3.05) is 0 Å². The van der Waals surface area contributed by atoms with Gasteiger partial charge in [-0.25, -0.2) is 9.18 Å². The molecule has 0 atom stereocenters. The Morgan fingerprint density at radius 2 is 2.00 bits per heavy atom. The quantitative estimate of drug-likeness (QED) is 0.835. The zero-order valence-electron chi connectivity index (χ0n) is 10.3. The lowest BCUT2D eigenvalue weighted by Gasteiger charge is -2.11. The minimum absolute atomic E-state index is 0.0766. The third kappa shape index (κ3) is 2.94. The van der Waals surface area contributed by atoms with Crippen molar-refractivity contribution in [2.45, 2.75) is 6.92 Å². The van der Waals surface area contributed by atoms with Gasteiger partial charge in [-0.3, -0.25) is 0 Å². The van der Waals surface area contributed by atoms with E-state index >= 15 is 0 Å². The third-order valence-corrected chi connectivity index (χ3v) is 3.66. The fourth-order valence-corrected chi connectivity index (χ4v) is 2.24. The number of hydrogen-bond donors (Lipinski definition) is 1. The number of aromatic carboxylic acids is 1. The Morgan fingerprint density at radius 3 is 2.65 bits per heavy atom. The molecule has 0 aliphatic heterocycles. The number of carboxylic acid groups (broad SMARTS) is 1. The van der Waals surface area contributed by atoms with E-state index in [1.165, 1.54) is 12.1 Å². The van der Waals surface area contributed by atoms with Gasteiger partial charge in [0.25, 0.3) is 0 Å². The third-order valence-electron chi connectivity index (χ3n) is 2.65. The number of hydrogen-bond acceptors (Lipinski definition) is 2. The first kappa shape index (κ1) is 14.8. The van der Waals surface area contributed by atoms with Crippen molar-refractivity contribution in [3.05, 3.63) is 56.8 Å². The van der Waals surface area contributed by atoms with Crippen molar-refractivity contribution < 1.29 is 19.0 Å². The van der Waals surface area contributed by atoms with Gasteiger partial charge in [-0.15, -0.1) is 0 Å². The maximum Gasteiger partial charge on any atom is 0.336 e. The summed E-state index contributed by atoms with van der Waals surface area (Å²) in [4.78, 5) is 10.9. The van der Waals surface area contributed by atoms with Crippen LogP contribution < -0.4 is 4.74 Å². The predicted molar refractivity (Wildman–Crippen MR) is 77.3 cm³/mol. The number of aryl methyl sites for hydroxylation is 1. The van der Waals surface area contributed by atoms with Crippen molar-refractivity contribution in [2.24, 2.45) is 0 Å². The molecule has 2 aromatic carbocycles. The van der Waals surface area contributed by atoms with Crippen molar-refractivity contribution >= 4 is 33.5 Å². The molecule has 2 rings (SSSR count). The van der Waals surface area contributed by atoms with Crippen LogP contribution in [0.3, 0.4) is 0 Å². The molecule has 0 amide bonds. The Morgan fingerprint density at radius 1 is 1.30 bits per heavy atom. The predicted octanol–water partition coefficient (Wildman–Crippen LogP) is 5.04. The Bertz CT molecular complexity index is 688. The Labute approximate surface area is 128 Å². The van der Waals surface area contributed by atoms with E-state index in [4.69, 9.17) is 21.4 Å². The molecule has 0 unspecified atom stereocenters. The molecule has 0 bridgehead atoms. The lowest BCUT2D eigenvalue weighted by Crippen LogP contribution is -2.01. The number of rotatable bonds is 3. The Hall–Kier alpha value is -1.59. The lowest BCUT2D eigenvalue weighted by molar-refractivity contribution is 0.0695. The normalized spacial score (nSPS) is 10.4. The zero-order chi connectivity index (χ0) is 14.9. The van der Waals surface area contributed by atoms with Crippen LogP contribution in [-0.4, -0.2) is 11.1 Å². The van der Waals surface area contributed by atoms with Gasteiger partial charge in [-0.1, -0.05) is 17.7 Å². The first-order chi connectivity index (χ1) is 9.40. The zero-order valence-corrected chi connectivity index (χ0v) is 12.6. The SMILES string of the molecule is Cc1ccc(Cl)cc1Oc1ccc(C(=O)O)c(Br)c1F. The van der Waals surface area contributed by atoms with E-state index < -0.39 is 11.8 Å². The molecular weight excluding hydrogens is 351 g/mol. The molecule has 0 spiro atoms. The van der Waals surface area contributed by atoms with Gasteiger partial charge in [0.15, 0.2) is 11.6 Å². The largest absolute Gasteiger partial charge is 0.478 e. The minimum Gasteiger partial charge on any atom is -0.478 e. The molecule has 0 radical (unpaired) electrons. The summed E-state index contributed by atoms with van der Waals surface area (Å²) in [5.74, 6) is -1.66. The van der Waals surface area contributed by atoms with Crippen LogP contribution in [0, 0.1) is 12.7 Å². The molecule has 104 valence electrons. The standard InChI is InChI=1S/C14H9BrClFO3/c1-7-2-3-8(16)6-11(7)20-10-5-4-9(14(18)19)12(15)13(10)17/h2-6H,1H3,(H,18,19). The van der Waals surface area contributed by atoms with E-state index in [9.17, 15) is 9.18 Å². The molecular formula is C14H9BrClFO3. The summed E-state index contributed by atoms with van der Waals surface area (Å²) in [7, 11) is 0. The summed E-state index contributed by atoms with van der Waals surface area (Å²) in [6, 6.07) is 7.55. The summed E-state index contributed by atoms with van der Waals surface area (Å²) in [5, 5.41) is 9.36. The molecule has 2 aromatic rings.